The van der Waals surface area contributed by atoms with E-state index in [1.807, 2.05) is 0 Å². The normalized spacial score (nSPS) is 20.8. The predicted octanol–water partition coefficient (Wildman–Crippen LogP) is 4.32. The van der Waals surface area contributed by atoms with Crippen molar-refractivity contribution >= 4 is 11.6 Å². The molecule has 74 valence electrons. The predicted molar refractivity (Wildman–Crippen MR) is 57.7 cm³/mol. The van der Waals surface area contributed by atoms with Crippen molar-refractivity contribution in [3.05, 3.63) is 0 Å². The fraction of sp³-hybridized carbons (Fsp3) is 1.00. The van der Waals surface area contributed by atoms with Crippen molar-refractivity contribution in [1.29, 1.82) is 0 Å². The highest BCUT2D eigenvalue weighted by molar-refractivity contribution is 6.24. The summed E-state index contributed by atoms with van der Waals surface area (Å²) in [6.07, 6.45) is 0. The van der Waals surface area contributed by atoms with Crippen LogP contribution in [-0.4, -0.2) is 4.87 Å². The second-order valence-corrected chi connectivity index (χ2v) is 6.14. The van der Waals surface area contributed by atoms with E-state index in [0.717, 1.165) is 0 Å². The first-order valence-corrected chi connectivity index (χ1v) is 5.17. The highest BCUT2D eigenvalue weighted by Gasteiger charge is 2.41. The van der Waals surface area contributed by atoms with Gasteiger partial charge in [-0.05, 0) is 24.2 Å². The maximum Gasteiger partial charge on any atom is 0.0494 e. The van der Waals surface area contributed by atoms with Gasteiger partial charge >= 0.3 is 0 Å². The molecule has 0 amide bonds. The zero-order chi connectivity index (χ0) is 10.2. The maximum absolute atomic E-state index is 6.56. The fourth-order valence-electron chi connectivity index (χ4n) is 1.31. The molecule has 0 fully saturated rings. The lowest BCUT2D eigenvalue weighted by atomic mass is 9.70. The van der Waals surface area contributed by atoms with Gasteiger partial charge in [-0.3, -0.25) is 0 Å². The SMILES string of the molecule is CC(C)C(C)C(C)(Cl)C(C)(C)C. The van der Waals surface area contributed by atoms with E-state index in [1.54, 1.807) is 0 Å². The molecule has 0 aromatic rings. The molecule has 2 atom stereocenters. The van der Waals surface area contributed by atoms with E-state index in [-0.39, 0.29) is 10.3 Å². The lowest BCUT2D eigenvalue weighted by Gasteiger charge is -2.43. The van der Waals surface area contributed by atoms with Gasteiger partial charge in [0, 0.05) is 4.87 Å². The van der Waals surface area contributed by atoms with Crippen LogP contribution in [0.1, 0.15) is 48.5 Å². The second-order valence-electron chi connectivity index (χ2n) is 5.36. The summed E-state index contributed by atoms with van der Waals surface area (Å²) in [6, 6.07) is 0. The zero-order valence-corrected chi connectivity index (χ0v) is 10.3. The fourth-order valence-corrected chi connectivity index (χ4v) is 1.56. The summed E-state index contributed by atoms with van der Waals surface area (Å²) in [5.74, 6) is 1.19. The summed E-state index contributed by atoms with van der Waals surface area (Å²) >= 11 is 6.56. The molecule has 0 saturated heterocycles. The Morgan fingerprint density at radius 1 is 0.917 bits per heavy atom. The highest BCUT2D eigenvalue weighted by atomic mass is 35.5. The van der Waals surface area contributed by atoms with E-state index >= 15 is 0 Å². The standard InChI is InChI=1S/C11H23Cl/c1-8(2)9(3)11(7,12)10(4,5)6/h8-9H,1-7H3. The van der Waals surface area contributed by atoms with Gasteiger partial charge in [0.1, 0.15) is 0 Å². The minimum atomic E-state index is -0.110. The summed E-state index contributed by atoms with van der Waals surface area (Å²) in [7, 11) is 0. The van der Waals surface area contributed by atoms with Crippen molar-refractivity contribution in [3.63, 3.8) is 0 Å². The van der Waals surface area contributed by atoms with Crippen molar-refractivity contribution in [3.8, 4) is 0 Å². The number of alkyl halides is 1. The van der Waals surface area contributed by atoms with Gasteiger partial charge in [-0.25, -0.2) is 0 Å². The van der Waals surface area contributed by atoms with E-state index in [4.69, 9.17) is 11.6 Å². The Hall–Kier alpha value is 0.290. The van der Waals surface area contributed by atoms with Crippen molar-refractivity contribution in [2.45, 2.75) is 53.3 Å². The molecule has 2 unspecified atom stereocenters. The van der Waals surface area contributed by atoms with Crippen molar-refractivity contribution < 1.29 is 0 Å². The van der Waals surface area contributed by atoms with Crippen LogP contribution in [0, 0.1) is 17.3 Å². The molecule has 0 rings (SSSR count). The summed E-state index contributed by atoms with van der Waals surface area (Å²) in [5.41, 5.74) is 0.165. The summed E-state index contributed by atoms with van der Waals surface area (Å²) in [6.45, 7) is 15.5. The van der Waals surface area contributed by atoms with Gasteiger partial charge in [0.25, 0.3) is 0 Å². The Morgan fingerprint density at radius 3 is 1.33 bits per heavy atom. The quantitative estimate of drug-likeness (QED) is 0.569. The molecule has 0 saturated carbocycles. The van der Waals surface area contributed by atoms with Gasteiger partial charge in [-0.15, -0.1) is 11.6 Å². The van der Waals surface area contributed by atoms with Crippen LogP contribution < -0.4 is 0 Å². The molecule has 0 aliphatic rings. The molecule has 0 N–H and O–H groups in total. The Kier molecular flexibility index (Phi) is 3.66. The smallest absolute Gasteiger partial charge is 0.0494 e. The van der Waals surface area contributed by atoms with Gasteiger partial charge in [0.15, 0.2) is 0 Å². The van der Waals surface area contributed by atoms with E-state index in [2.05, 4.69) is 48.5 Å². The molecule has 0 spiro atoms. The topological polar surface area (TPSA) is 0 Å². The van der Waals surface area contributed by atoms with Crippen molar-refractivity contribution in [2.75, 3.05) is 0 Å². The molecular formula is C11H23Cl. The molecule has 0 aliphatic carbocycles. The molecule has 1 heteroatoms. The minimum absolute atomic E-state index is 0.110. The van der Waals surface area contributed by atoms with Gasteiger partial charge in [0.2, 0.25) is 0 Å². The molecule has 12 heavy (non-hydrogen) atoms. The van der Waals surface area contributed by atoms with Gasteiger partial charge in [0.05, 0.1) is 0 Å². The van der Waals surface area contributed by atoms with Gasteiger partial charge < -0.3 is 0 Å². The number of hydrogen-bond donors (Lipinski definition) is 0. The van der Waals surface area contributed by atoms with Crippen LogP contribution in [0.15, 0.2) is 0 Å². The second kappa shape index (κ2) is 3.57. The average molecular weight is 191 g/mol. The van der Waals surface area contributed by atoms with Crippen LogP contribution in [0.3, 0.4) is 0 Å². The summed E-state index contributed by atoms with van der Waals surface area (Å²) in [4.78, 5) is -0.110. The van der Waals surface area contributed by atoms with E-state index in [0.29, 0.717) is 11.8 Å². The Balaban J connectivity index is 4.61. The largest absolute Gasteiger partial charge is 0.119 e. The molecule has 0 heterocycles. The molecular weight excluding hydrogens is 168 g/mol. The van der Waals surface area contributed by atoms with Crippen LogP contribution in [0.2, 0.25) is 0 Å². The average Bonchev–Trinajstić information content (AvgIpc) is 1.83. The van der Waals surface area contributed by atoms with E-state index in [1.165, 1.54) is 0 Å². The lowest BCUT2D eigenvalue weighted by Crippen LogP contribution is -2.42. The number of hydrogen-bond acceptors (Lipinski definition) is 0. The molecule has 0 aliphatic heterocycles. The summed E-state index contributed by atoms with van der Waals surface area (Å²) in [5, 5.41) is 0. The Morgan fingerprint density at radius 2 is 1.25 bits per heavy atom. The van der Waals surface area contributed by atoms with E-state index < -0.39 is 0 Å². The first-order valence-electron chi connectivity index (χ1n) is 4.79. The minimum Gasteiger partial charge on any atom is -0.119 e. The number of rotatable bonds is 2. The van der Waals surface area contributed by atoms with Crippen molar-refractivity contribution in [1.82, 2.24) is 0 Å². The molecule has 0 bridgehead atoms. The molecule has 0 aromatic heterocycles. The lowest BCUT2D eigenvalue weighted by molar-refractivity contribution is 0.181. The van der Waals surface area contributed by atoms with Crippen LogP contribution >= 0.6 is 11.6 Å². The van der Waals surface area contributed by atoms with Crippen LogP contribution in [0.5, 0.6) is 0 Å². The highest BCUT2D eigenvalue weighted by Crippen LogP contribution is 2.44. The van der Waals surface area contributed by atoms with Crippen LogP contribution in [0.4, 0.5) is 0 Å². The monoisotopic (exact) mass is 190 g/mol. The molecule has 0 nitrogen and oxygen atoms in total. The van der Waals surface area contributed by atoms with Gasteiger partial charge in [-0.1, -0.05) is 41.5 Å². The first kappa shape index (κ1) is 12.3. The molecule has 0 radical (unpaired) electrons. The number of halogens is 1. The molecule has 0 aromatic carbocycles. The third kappa shape index (κ3) is 2.39. The van der Waals surface area contributed by atoms with Crippen molar-refractivity contribution in [2.24, 2.45) is 17.3 Å². The van der Waals surface area contributed by atoms with Crippen LogP contribution in [0.25, 0.3) is 0 Å². The van der Waals surface area contributed by atoms with Gasteiger partial charge in [-0.2, -0.15) is 0 Å². The Bertz CT molecular complexity index is 140. The van der Waals surface area contributed by atoms with E-state index in [9.17, 15) is 0 Å². The Labute approximate surface area is 82.7 Å². The van der Waals surface area contributed by atoms with Crippen LogP contribution in [-0.2, 0) is 0 Å². The first-order chi connectivity index (χ1) is 5.10. The summed E-state index contributed by atoms with van der Waals surface area (Å²) < 4.78 is 0. The zero-order valence-electron chi connectivity index (χ0n) is 9.53. The third-order valence-electron chi connectivity index (χ3n) is 3.32. The maximum atomic E-state index is 6.56. The third-order valence-corrected chi connectivity index (χ3v) is 4.23.